The lowest BCUT2D eigenvalue weighted by Crippen LogP contribution is -2.42. The van der Waals surface area contributed by atoms with Crippen molar-refractivity contribution in [1.29, 1.82) is 0 Å². The third-order valence-corrected chi connectivity index (χ3v) is 3.18. The molecule has 0 aliphatic carbocycles. The number of carbonyl (C=O) groups is 1. The Morgan fingerprint density at radius 3 is 2.33 bits per heavy atom. The largest absolute Gasteiger partial charge is 0.504 e. The van der Waals surface area contributed by atoms with Crippen molar-refractivity contribution in [2.75, 3.05) is 21.3 Å². The first kappa shape index (κ1) is 19.7. The summed E-state index contributed by atoms with van der Waals surface area (Å²) in [4.78, 5) is 11.0. The fourth-order valence-electron chi connectivity index (χ4n) is 2.10. The average Bonchev–Trinajstić information content (AvgIpc) is 2.51. The number of benzene rings is 1. The van der Waals surface area contributed by atoms with Crippen molar-refractivity contribution in [2.24, 2.45) is 0 Å². The summed E-state index contributed by atoms with van der Waals surface area (Å²) in [6.45, 7) is 1.48. The molecule has 1 N–H and O–H groups in total. The van der Waals surface area contributed by atoms with E-state index in [0.717, 1.165) is 0 Å². The van der Waals surface area contributed by atoms with Crippen molar-refractivity contribution >= 4 is 12.0 Å². The Kier molecular flexibility index (Phi) is 6.94. The Bertz CT molecular complexity index is 600. The van der Waals surface area contributed by atoms with Gasteiger partial charge in [0.2, 0.25) is 0 Å². The van der Waals surface area contributed by atoms with Gasteiger partial charge >= 0.3 is 12.1 Å². The van der Waals surface area contributed by atoms with Crippen LogP contribution in [0.3, 0.4) is 0 Å². The molecule has 1 atom stereocenters. The van der Waals surface area contributed by atoms with E-state index in [2.05, 4.69) is 0 Å². The Morgan fingerprint density at radius 1 is 1.21 bits per heavy atom. The van der Waals surface area contributed by atoms with Gasteiger partial charge in [-0.25, -0.2) is 0 Å². The summed E-state index contributed by atoms with van der Waals surface area (Å²) in [5.41, 5.74) is 1.30. The molecular formula is C16H20F3NO4. The van der Waals surface area contributed by atoms with Gasteiger partial charge in [0.1, 0.15) is 11.5 Å². The highest BCUT2D eigenvalue weighted by molar-refractivity contribution is 5.81. The van der Waals surface area contributed by atoms with Crippen LogP contribution in [0.25, 0.3) is 6.08 Å². The van der Waals surface area contributed by atoms with E-state index in [0.29, 0.717) is 22.6 Å². The fraction of sp³-hybridized carbons (Fsp3) is 0.438. The van der Waals surface area contributed by atoms with Gasteiger partial charge in [0.05, 0.1) is 27.6 Å². The van der Waals surface area contributed by atoms with Crippen LogP contribution in [-0.4, -0.2) is 39.5 Å². The van der Waals surface area contributed by atoms with Crippen LogP contribution in [0.2, 0.25) is 0 Å². The number of methoxy groups -OCH3 is 3. The molecule has 0 saturated heterocycles. The molecule has 0 bridgehead atoms. The lowest BCUT2D eigenvalue weighted by atomic mass is 10.0. The first-order valence-electron chi connectivity index (χ1n) is 7.04. The van der Waals surface area contributed by atoms with Crippen molar-refractivity contribution in [2.45, 2.75) is 25.6 Å². The molecule has 0 spiro atoms. The number of hydrogen-bond donors (Lipinski definition) is 1. The summed E-state index contributed by atoms with van der Waals surface area (Å²) in [6, 6.07) is 2.60. The molecule has 1 unspecified atom stereocenters. The Morgan fingerprint density at radius 2 is 1.83 bits per heavy atom. The smallest absolute Gasteiger partial charge is 0.471 e. The van der Waals surface area contributed by atoms with Gasteiger partial charge in [0.25, 0.3) is 0 Å². The number of hydrogen-bond acceptors (Lipinski definition) is 4. The van der Waals surface area contributed by atoms with Gasteiger partial charge in [-0.3, -0.25) is 4.79 Å². The SMILES string of the molecule is COC=Cc1cc(OC)c(CC(C)NC(=O)C(F)(F)F)cc1OC. The van der Waals surface area contributed by atoms with Gasteiger partial charge in [0.15, 0.2) is 0 Å². The maximum absolute atomic E-state index is 12.3. The van der Waals surface area contributed by atoms with E-state index in [-0.39, 0.29) is 6.42 Å². The predicted molar refractivity (Wildman–Crippen MR) is 83.0 cm³/mol. The molecule has 0 heterocycles. The van der Waals surface area contributed by atoms with Crippen molar-refractivity contribution in [3.63, 3.8) is 0 Å². The third kappa shape index (κ3) is 5.36. The van der Waals surface area contributed by atoms with E-state index in [9.17, 15) is 18.0 Å². The molecule has 0 saturated carbocycles. The van der Waals surface area contributed by atoms with Gasteiger partial charge in [-0.05, 0) is 37.1 Å². The van der Waals surface area contributed by atoms with Crippen molar-refractivity contribution < 1.29 is 32.2 Å². The van der Waals surface area contributed by atoms with Gasteiger partial charge < -0.3 is 19.5 Å². The standard InChI is InChI=1S/C16H20F3NO4/c1-10(20-15(21)16(17,18)19)7-12-9-13(23-3)11(5-6-22-2)8-14(12)24-4/h5-6,8-10H,7H2,1-4H3,(H,20,21). The maximum Gasteiger partial charge on any atom is 0.471 e. The maximum atomic E-state index is 12.3. The molecule has 24 heavy (non-hydrogen) atoms. The molecule has 8 heteroatoms. The summed E-state index contributed by atoms with van der Waals surface area (Å²) in [5, 5.41) is 1.91. The molecule has 0 aliphatic rings. The highest BCUT2D eigenvalue weighted by Crippen LogP contribution is 2.31. The van der Waals surface area contributed by atoms with E-state index in [1.807, 2.05) is 5.32 Å². The Labute approximate surface area is 138 Å². The summed E-state index contributed by atoms with van der Waals surface area (Å²) >= 11 is 0. The van der Waals surface area contributed by atoms with Crippen molar-refractivity contribution in [1.82, 2.24) is 5.32 Å². The number of ether oxygens (including phenoxy) is 3. The number of nitrogens with one attached hydrogen (secondary N) is 1. The van der Waals surface area contributed by atoms with Gasteiger partial charge in [0, 0.05) is 11.6 Å². The molecule has 0 aliphatic heterocycles. The molecule has 5 nitrogen and oxygen atoms in total. The van der Waals surface area contributed by atoms with E-state index in [4.69, 9.17) is 14.2 Å². The van der Waals surface area contributed by atoms with E-state index in [1.165, 1.54) is 34.5 Å². The Balaban J connectivity index is 3.02. The predicted octanol–water partition coefficient (Wildman–Crippen LogP) is 2.93. The summed E-state index contributed by atoms with van der Waals surface area (Å²) in [7, 11) is 4.43. The lowest BCUT2D eigenvalue weighted by molar-refractivity contribution is -0.174. The van der Waals surface area contributed by atoms with Crippen molar-refractivity contribution in [3.05, 3.63) is 29.5 Å². The second-order valence-corrected chi connectivity index (χ2v) is 5.02. The number of carbonyl (C=O) groups excluding carboxylic acids is 1. The van der Waals surface area contributed by atoms with Crippen LogP contribution in [-0.2, 0) is 16.0 Å². The van der Waals surface area contributed by atoms with Crippen LogP contribution in [0.15, 0.2) is 18.4 Å². The minimum absolute atomic E-state index is 0.148. The molecule has 0 aromatic heterocycles. The van der Waals surface area contributed by atoms with Crippen LogP contribution in [0.4, 0.5) is 13.2 Å². The van der Waals surface area contributed by atoms with Crippen LogP contribution in [0.1, 0.15) is 18.1 Å². The molecule has 0 radical (unpaired) electrons. The summed E-state index contributed by atoms with van der Waals surface area (Å²) < 4.78 is 52.3. The molecule has 1 aromatic carbocycles. The van der Waals surface area contributed by atoms with E-state index >= 15 is 0 Å². The molecule has 1 aromatic rings. The minimum Gasteiger partial charge on any atom is -0.504 e. The number of alkyl halides is 3. The Hall–Kier alpha value is -2.38. The van der Waals surface area contributed by atoms with Crippen molar-refractivity contribution in [3.8, 4) is 11.5 Å². The molecule has 1 rings (SSSR count). The number of amides is 1. The van der Waals surface area contributed by atoms with Crippen LogP contribution in [0.5, 0.6) is 11.5 Å². The van der Waals surface area contributed by atoms with Crippen LogP contribution in [0, 0.1) is 0 Å². The minimum atomic E-state index is -4.91. The first-order valence-corrected chi connectivity index (χ1v) is 7.04. The molecule has 134 valence electrons. The zero-order chi connectivity index (χ0) is 18.3. The average molecular weight is 347 g/mol. The van der Waals surface area contributed by atoms with Crippen LogP contribution >= 0.6 is 0 Å². The fourth-order valence-corrected chi connectivity index (χ4v) is 2.10. The quantitative estimate of drug-likeness (QED) is 0.771. The first-order chi connectivity index (χ1) is 11.2. The third-order valence-electron chi connectivity index (χ3n) is 3.18. The second-order valence-electron chi connectivity index (χ2n) is 5.02. The monoisotopic (exact) mass is 347 g/mol. The van der Waals surface area contributed by atoms with E-state index < -0.39 is 18.1 Å². The zero-order valence-corrected chi connectivity index (χ0v) is 13.9. The highest BCUT2D eigenvalue weighted by Gasteiger charge is 2.39. The summed E-state index contributed by atoms with van der Waals surface area (Å²) in [5.74, 6) is -0.992. The zero-order valence-electron chi connectivity index (χ0n) is 13.9. The van der Waals surface area contributed by atoms with Gasteiger partial charge in [-0.2, -0.15) is 13.2 Å². The van der Waals surface area contributed by atoms with Crippen LogP contribution < -0.4 is 14.8 Å². The highest BCUT2D eigenvalue weighted by atomic mass is 19.4. The van der Waals surface area contributed by atoms with E-state index in [1.54, 1.807) is 18.2 Å². The molecular weight excluding hydrogens is 327 g/mol. The van der Waals surface area contributed by atoms with Gasteiger partial charge in [-0.15, -0.1) is 0 Å². The molecule has 0 fully saturated rings. The summed E-state index contributed by atoms with van der Waals surface area (Å²) in [6.07, 6.45) is -1.64. The number of rotatable bonds is 7. The topological polar surface area (TPSA) is 56.8 Å². The van der Waals surface area contributed by atoms with Gasteiger partial charge in [-0.1, -0.05) is 0 Å². The number of halogens is 3. The molecule has 1 amide bonds. The normalized spacial score (nSPS) is 12.8. The lowest BCUT2D eigenvalue weighted by Gasteiger charge is -2.18. The second kappa shape index (κ2) is 8.47.